The van der Waals surface area contributed by atoms with E-state index in [1.165, 1.54) is 5.57 Å². The molecule has 0 bridgehead atoms. The molecule has 0 aliphatic heterocycles. The van der Waals surface area contributed by atoms with Crippen molar-refractivity contribution in [1.82, 2.24) is 0 Å². The Morgan fingerprint density at radius 3 is 2.50 bits per heavy atom. The second kappa shape index (κ2) is 6.09. The summed E-state index contributed by atoms with van der Waals surface area (Å²) in [6.07, 6.45) is 11.8. The Labute approximate surface area is 63.3 Å². The summed E-state index contributed by atoms with van der Waals surface area (Å²) in [5.74, 6) is 0. The lowest BCUT2D eigenvalue weighted by Gasteiger charge is -1.84. The molecule has 0 saturated carbocycles. The van der Waals surface area contributed by atoms with Crippen molar-refractivity contribution in [2.75, 3.05) is 0 Å². The highest BCUT2D eigenvalue weighted by Gasteiger charge is 1.73. The summed E-state index contributed by atoms with van der Waals surface area (Å²) in [7, 11) is 0. The SMILES string of the molecule is C=C/C=C/C(C)=C/C=C/C. The minimum atomic E-state index is 1.23. The molecule has 0 saturated heterocycles. The van der Waals surface area contributed by atoms with Crippen LogP contribution in [0.1, 0.15) is 13.8 Å². The van der Waals surface area contributed by atoms with E-state index in [1.54, 1.807) is 6.08 Å². The van der Waals surface area contributed by atoms with Crippen LogP contribution < -0.4 is 0 Å². The summed E-state index contributed by atoms with van der Waals surface area (Å²) in [6.45, 7) is 7.64. The molecule has 0 unspecified atom stereocenters. The predicted molar refractivity (Wildman–Crippen MR) is 47.9 cm³/mol. The maximum Gasteiger partial charge on any atom is -0.0398 e. The van der Waals surface area contributed by atoms with E-state index in [4.69, 9.17) is 0 Å². The largest absolute Gasteiger partial charge is 0.0991 e. The van der Waals surface area contributed by atoms with Gasteiger partial charge in [0.2, 0.25) is 0 Å². The number of rotatable bonds is 3. The molecular weight excluding hydrogens is 120 g/mol. The summed E-state index contributed by atoms with van der Waals surface area (Å²) < 4.78 is 0. The molecule has 0 spiro atoms. The molecule has 0 fully saturated rings. The van der Waals surface area contributed by atoms with E-state index in [0.29, 0.717) is 0 Å². The highest BCUT2D eigenvalue weighted by molar-refractivity contribution is 5.23. The van der Waals surface area contributed by atoms with Gasteiger partial charge in [-0.2, -0.15) is 0 Å². The third-order valence-corrected chi connectivity index (χ3v) is 1.05. The van der Waals surface area contributed by atoms with Gasteiger partial charge in [0.15, 0.2) is 0 Å². The Morgan fingerprint density at radius 2 is 2.00 bits per heavy atom. The van der Waals surface area contributed by atoms with Crippen molar-refractivity contribution in [2.45, 2.75) is 13.8 Å². The number of allylic oxidation sites excluding steroid dienone is 7. The maximum atomic E-state index is 3.58. The first-order valence-corrected chi connectivity index (χ1v) is 3.40. The minimum Gasteiger partial charge on any atom is -0.0991 e. The Kier molecular flexibility index (Phi) is 5.45. The lowest BCUT2D eigenvalue weighted by Crippen LogP contribution is -1.63. The highest BCUT2D eigenvalue weighted by atomic mass is 13.8. The predicted octanol–water partition coefficient (Wildman–Crippen LogP) is 3.25. The van der Waals surface area contributed by atoms with Crippen LogP contribution in [0.5, 0.6) is 0 Å². The van der Waals surface area contributed by atoms with Gasteiger partial charge < -0.3 is 0 Å². The second-order valence-electron chi connectivity index (χ2n) is 2.03. The Hall–Kier alpha value is -1.04. The van der Waals surface area contributed by atoms with Gasteiger partial charge in [0.25, 0.3) is 0 Å². The van der Waals surface area contributed by atoms with Crippen LogP contribution in [0.4, 0.5) is 0 Å². The molecule has 0 rings (SSSR count). The van der Waals surface area contributed by atoms with E-state index in [9.17, 15) is 0 Å². The van der Waals surface area contributed by atoms with Gasteiger partial charge in [-0.3, -0.25) is 0 Å². The van der Waals surface area contributed by atoms with Crippen molar-refractivity contribution in [2.24, 2.45) is 0 Å². The summed E-state index contributed by atoms with van der Waals surface area (Å²) in [6, 6.07) is 0. The third kappa shape index (κ3) is 5.10. The lowest BCUT2D eigenvalue weighted by atomic mass is 10.2. The van der Waals surface area contributed by atoms with Gasteiger partial charge in [-0.25, -0.2) is 0 Å². The first-order chi connectivity index (χ1) is 4.81. The Balaban J connectivity index is 3.93. The standard InChI is InChI=1S/C10H14/c1-4-6-8-10(3)9-7-5-2/h4-9H,1H2,2-3H3/b7-5+,8-6+,10-9+. The van der Waals surface area contributed by atoms with Crippen LogP contribution >= 0.6 is 0 Å². The van der Waals surface area contributed by atoms with Gasteiger partial charge >= 0.3 is 0 Å². The molecule has 0 atom stereocenters. The Bertz CT molecular complexity index is 168. The minimum absolute atomic E-state index is 1.23. The molecule has 0 heteroatoms. The zero-order valence-corrected chi connectivity index (χ0v) is 6.67. The van der Waals surface area contributed by atoms with Crippen LogP contribution in [-0.4, -0.2) is 0 Å². The van der Waals surface area contributed by atoms with E-state index in [1.807, 2.05) is 31.2 Å². The van der Waals surface area contributed by atoms with Crippen LogP contribution in [0.15, 0.2) is 48.6 Å². The molecule has 0 N–H and O–H groups in total. The molecule has 0 nitrogen and oxygen atoms in total. The van der Waals surface area contributed by atoms with Crippen molar-refractivity contribution in [3.8, 4) is 0 Å². The van der Waals surface area contributed by atoms with Crippen LogP contribution in [0.2, 0.25) is 0 Å². The Morgan fingerprint density at radius 1 is 1.30 bits per heavy atom. The van der Waals surface area contributed by atoms with E-state index in [0.717, 1.165) is 0 Å². The fourth-order valence-electron chi connectivity index (χ4n) is 0.523. The molecule has 0 amide bonds. The van der Waals surface area contributed by atoms with Crippen molar-refractivity contribution in [3.05, 3.63) is 48.6 Å². The quantitative estimate of drug-likeness (QED) is 0.520. The third-order valence-electron chi connectivity index (χ3n) is 1.05. The van der Waals surface area contributed by atoms with Crippen LogP contribution in [-0.2, 0) is 0 Å². The van der Waals surface area contributed by atoms with Crippen LogP contribution in [0.25, 0.3) is 0 Å². The number of hydrogen-bond donors (Lipinski definition) is 0. The average molecular weight is 134 g/mol. The molecule has 0 aliphatic rings. The smallest absolute Gasteiger partial charge is 0.0398 e. The molecule has 0 aromatic carbocycles. The monoisotopic (exact) mass is 134 g/mol. The zero-order valence-electron chi connectivity index (χ0n) is 6.67. The molecule has 0 aromatic heterocycles. The van der Waals surface area contributed by atoms with Crippen molar-refractivity contribution in [3.63, 3.8) is 0 Å². The van der Waals surface area contributed by atoms with Gasteiger partial charge in [-0.05, 0) is 13.8 Å². The second-order valence-corrected chi connectivity index (χ2v) is 2.03. The number of hydrogen-bond acceptors (Lipinski definition) is 0. The normalized spacial score (nSPS) is 13.2. The van der Waals surface area contributed by atoms with Gasteiger partial charge in [0, 0.05) is 0 Å². The summed E-state index contributed by atoms with van der Waals surface area (Å²) >= 11 is 0. The van der Waals surface area contributed by atoms with Gasteiger partial charge in [0.1, 0.15) is 0 Å². The molecule has 10 heavy (non-hydrogen) atoms. The first-order valence-electron chi connectivity index (χ1n) is 3.40. The molecule has 0 aromatic rings. The fourth-order valence-corrected chi connectivity index (χ4v) is 0.523. The van der Waals surface area contributed by atoms with E-state index in [-0.39, 0.29) is 0 Å². The summed E-state index contributed by atoms with van der Waals surface area (Å²) in [4.78, 5) is 0. The molecular formula is C10H14. The lowest BCUT2D eigenvalue weighted by molar-refractivity contribution is 1.52. The fraction of sp³-hybridized carbons (Fsp3) is 0.200. The van der Waals surface area contributed by atoms with Gasteiger partial charge in [-0.15, -0.1) is 0 Å². The van der Waals surface area contributed by atoms with Crippen molar-refractivity contribution in [1.29, 1.82) is 0 Å². The van der Waals surface area contributed by atoms with E-state index in [2.05, 4.69) is 19.6 Å². The van der Waals surface area contributed by atoms with E-state index < -0.39 is 0 Å². The molecule has 54 valence electrons. The van der Waals surface area contributed by atoms with Gasteiger partial charge in [-0.1, -0.05) is 48.6 Å². The zero-order chi connectivity index (χ0) is 7.82. The maximum absolute atomic E-state index is 3.58. The van der Waals surface area contributed by atoms with Gasteiger partial charge in [0.05, 0.1) is 0 Å². The van der Waals surface area contributed by atoms with E-state index >= 15 is 0 Å². The van der Waals surface area contributed by atoms with Crippen LogP contribution in [0.3, 0.4) is 0 Å². The molecule has 0 radical (unpaired) electrons. The van der Waals surface area contributed by atoms with Crippen LogP contribution in [0, 0.1) is 0 Å². The summed E-state index contributed by atoms with van der Waals surface area (Å²) in [5.41, 5.74) is 1.23. The average Bonchev–Trinajstić information content (AvgIpc) is 1.97. The summed E-state index contributed by atoms with van der Waals surface area (Å²) in [5, 5.41) is 0. The van der Waals surface area contributed by atoms with Crippen molar-refractivity contribution < 1.29 is 0 Å². The highest BCUT2D eigenvalue weighted by Crippen LogP contribution is 1.94. The molecule has 0 aliphatic carbocycles. The first kappa shape index (κ1) is 8.96. The van der Waals surface area contributed by atoms with Crippen molar-refractivity contribution >= 4 is 0 Å². The molecule has 0 heterocycles. The topological polar surface area (TPSA) is 0 Å².